The zero-order valence-electron chi connectivity index (χ0n) is 5.44. The van der Waals surface area contributed by atoms with E-state index < -0.39 is 0 Å². The molecule has 1 spiro atoms. The Morgan fingerprint density at radius 3 is 2.44 bits per heavy atom. The lowest BCUT2D eigenvalue weighted by atomic mass is 9.75. The van der Waals surface area contributed by atoms with Gasteiger partial charge in [0.05, 0.1) is 5.54 Å². The number of rotatable bonds is 0. The van der Waals surface area contributed by atoms with E-state index in [1.165, 1.54) is 6.42 Å². The van der Waals surface area contributed by atoms with Crippen LogP contribution in [0.3, 0.4) is 0 Å². The first-order chi connectivity index (χ1) is 4.33. The van der Waals surface area contributed by atoms with Crippen LogP contribution < -0.4 is 5.32 Å². The molecule has 1 saturated heterocycles. The fourth-order valence-corrected chi connectivity index (χ4v) is 1.74. The van der Waals surface area contributed by atoms with Crippen LogP contribution in [0, 0.1) is 0 Å². The van der Waals surface area contributed by atoms with Crippen molar-refractivity contribution in [3.63, 3.8) is 0 Å². The maximum absolute atomic E-state index is 11.1. The Balaban J connectivity index is 2.17. The standard InChI is InChI=1S/C7H11NO/c9-6-2-5-8-7(6)3-1-4-7/h8H,1-5H2. The average molecular weight is 125 g/mol. The van der Waals surface area contributed by atoms with Gasteiger partial charge in [0, 0.05) is 13.0 Å². The summed E-state index contributed by atoms with van der Waals surface area (Å²) < 4.78 is 0. The van der Waals surface area contributed by atoms with Gasteiger partial charge in [-0.2, -0.15) is 0 Å². The highest BCUT2D eigenvalue weighted by molar-refractivity contribution is 5.91. The molecule has 2 nitrogen and oxygen atoms in total. The molecule has 0 radical (unpaired) electrons. The minimum atomic E-state index is -0.0139. The third kappa shape index (κ3) is 0.568. The van der Waals surface area contributed by atoms with Gasteiger partial charge in [-0.15, -0.1) is 0 Å². The summed E-state index contributed by atoms with van der Waals surface area (Å²) in [6.45, 7) is 0.916. The molecule has 0 bridgehead atoms. The maximum Gasteiger partial charge on any atom is 0.154 e. The molecule has 0 aromatic carbocycles. The van der Waals surface area contributed by atoms with Gasteiger partial charge in [-0.25, -0.2) is 0 Å². The van der Waals surface area contributed by atoms with Crippen molar-refractivity contribution in [2.75, 3.05) is 6.54 Å². The predicted octanol–water partition coefficient (Wildman–Crippen LogP) is 0.471. The fourth-order valence-electron chi connectivity index (χ4n) is 1.74. The van der Waals surface area contributed by atoms with Crippen LogP contribution in [0.15, 0.2) is 0 Å². The SMILES string of the molecule is O=C1CCNC12CCC2. The molecule has 9 heavy (non-hydrogen) atoms. The lowest BCUT2D eigenvalue weighted by molar-refractivity contribution is -0.125. The van der Waals surface area contributed by atoms with Gasteiger partial charge in [0.15, 0.2) is 5.78 Å². The van der Waals surface area contributed by atoms with Gasteiger partial charge in [-0.1, -0.05) is 0 Å². The summed E-state index contributed by atoms with van der Waals surface area (Å²) in [7, 11) is 0. The van der Waals surface area contributed by atoms with Crippen LogP contribution in [-0.4, -0.2) is 17.9 Å². The Morgan fingerprint density at radius 2 is 2.22 bits per heavy atom. The van der Waals surface area contributed by atoms with Crippen molar-refractivity contribution in [1.29, 1.82) is 0 Å². The Morgan fingerprint density at radius 1 is 1.44 bits per heavy atom. The first-order valence-corrected chi connectivity index (χ1v) is 3.62. The van der Waals surface area contributed by atoms with E-state index in [0.29, 0.717) is 5.78 Å². The van der Waals surface area contributed by atoms with Crippen LogP contribution in [0.2, 0.25) is 0 Å². The van der Waals surface area contributed by atoms with Crippen molar-refractivity contribution < 1.29 is 4.79 Å². The number of hydrogen-bond acceptors (Lipinski definition) is 2. The highest BCUT2D eigenvalue weighted by Crippen LogP contribution is 2.35. The van der Waals surface area contributed by atoms with Gasteiger partial charge in [0.2, 0.25) is 0 Å². The number of carbonyl (C=O) groups is 1. The quantitative estimate of drug-likeness (QED) is 0.510. The molecule has 2 aliphatic rings. The van der Waals surface area contributed by atoms with Crippen molar-refractivity contribution in [2.24, 2.45) is 0 Å². The lowest BCUT2D eigenvalue weighted by Crippen LogP contribution is -2.51. The number of carbonyl (C=O) groups excluding carboxylic acids is 1. The monoisotopic (exact) mass is 125 g/mol. The minimum Gasteiger partial charge on any atom is -0.304 e. The zero-order chi connectivity index (χ0) is 6.32. The van der Waals surface area contributed by atoms with E-state index in [-0.39, 0.29) is 5.54 Å². The molecular formula is C7H11NO. The molecule has 1 aliphatic heterocycles. The summed E-state index contributed by atoms with van der Waals surface area (Å²) >= 11 is 0. The maximum atomic E-state index is 11.1. The van der Waals surface area contributed by atoms with Gasteiger partial charge in [0.25, 0.3) is 0 Å². The van der Waals surface area contributed by atoms with Crippen LogP contribution in [0.25, 0.3) is 0 Å². The lowest BCUT2D eigenvalue weighted by Gasteiger charge is -2.36. The summed E-state index contributed by atoms with van der Waals surface area (Å²) in [5, 5.41) is 3.27. The Bertz CT molecular complexity index is 149. The summed E-state index contributed by atoms with van der Waals surface area (Å²) in [5.41, 5.74) is -0.0139. The molecule has 0 aromatic rings. The van der Waals surface area contributed by atoms with Crippen molar-refractivity contribution in [3.8, 4) is 0 Å². The van der Waals surface area contributed by atoms with Gasteiger partial charge in [-0.05, 0) is 19.3 Å². The van der Waals surface area contributed by atoms with E-state index in [2.05, 4.69) is 5.32 Å². The van der Waals surface area contributed by atoms with Crippen molar-refractivity contribution in [3.05, 3.63) is 0 Å². The molecule has 50 valence electrons. The molecule has 2 fully saturated rings. The van der Waals surface area contributed by atoms with Crippen LogP contribution in [-0.2, 0) is 4.79 Å². The first-order valence-electron chi connectivity index (χ1n) is 3.62. The van der Waals surface area contributed by atoms with Crippen molar-refractivity contribution in [2.45, 2.75) is 31.2 Å². The van der Waals surface area contributed by atoms with Crippen LogP contribution in [0.4, 0.5) is 0 Å². The van der Waals surface area contributed by atoms with Crippen LogP contribution >= 0.6 is 0 Å². The van der Waals surface area contributed by atoms with Gasteiger partial charge < -0.3 is 5.32 Å². The van der Waals surface area contributed by atoms with Crippen LogP contribution in [0.1, 0.15) is 25.7 Å². The number of Topliss-reactive ketones (excluding diaryl/α,β-unsaturated/α-hetero) is 1. The van der Waals surface area contributed by atoms with E-state index in [1.807, 2.05) is 0 Å². The third-order valence-corrected chi connectivity index (χ3v) is 2.56. The number of ketones is 1. The number of nitrogens with one attached hydrogen (secondary N) is 1. The molecule has 0 atom stereocenters. The summed E-state index contributed by atoms with van der Waals surface area (Å²) in [6, 6.07) is 0. The van der Waals surface area contributed by atoms with E-state index in [4.69, 9.17) is 0 Å². The van der Waals surface area contributed by atoms with E-state index in [9.17, 15) is 4.79 Å². The van der Waals surface area contributed by atoms with Crippen LogP contribution in [0.5, 0.6) is 0 Å². The highest BCUT2D eigenvalue weighted by atomic mass is 16.1. The molecule has 0 aromatic heterocycles. The topological polar surface area (TPSA) is 29.1 Å². The molecule has 0 unspecified atom stereocenters. The summed E-state index contributed by atoms with van der Waals surface area (Å²) in [5.74, 6) is 0.453. The van der Waals surface area contributed by atoms with E-state index >= 15 is 0 Å². The summed E-state index contributed by atoms with van der Waals surface area (Å²) in [6.07, 6.45) is 4.18. The van der Waals surface area contributed by atoms with Crippen molar-refractivity contribution >= 4 is 5.78 Å². The van der Waals surface area contributed by atoms with Gasteiger partial charge in [-0.3, -0.25) is 4.79 Å². The highest BCUT2D eigenvalue weighted by Gasteiger charge is 2.46. The molecular weight excluding hydrogens is 114 g/mol. The van der Waals surface area contributed by atoms with Gasteiger partial charge >= 0.3 is 0 Å². The molecule has 1 saturated carbocycles. The normalized spacial score (nSPS) is 30.9. The smallest absolute Gasteiger partial charge is 0.154 e. The second-order valence-electron chi connectivity index (χ2n) is 3.04. The number of hydrogen-bond donors (Lipinski definition) is 1. The van der Waals surface area contributed by atoms with Gasteiger partial charge in [0.1, 0.15) is 0 Å². The third-order valence-electron chi connectivity index (χ3n) is 2.56. The minimum absolute atomic E-state index is 0.0139. The molecule has 1 heterocycles. The average Bonchev–Trinajstić information content (AvgIpc) is 2.07. The first kappa shape index (κ1) is 5.42. The Hall–Kier alpha value is -0.370. The van der Waals surface area contributed by atoms with E-state index in [1.54, 1.807) is 0 Å². The fraction of sp³-hybridized carbons (Fsp3) is 0.857. The largest absolute Gasteiger partial charge is 0.304 e. The van der Waals surface area contributed by atoms with Crippen molar-refractivity contribution in [1.82, 2.24) is 5.32 Å². The second-order valence-corrected chi connectivity index (χ2v) is 3.04. The molecule has 1 aliphatic carbocycles. The molecule has 0 amide bonds. The molecule has 2 rings (SSSR count). The summed E-state index contributed by atoms with van der Waals surface area (Å²) in [4.78, 5) is 11.1. The molecule has 1 N–H and O–H groups in total. The Labute approximate surface area is 54.6 Å². The zero-order valence-corrected chi connectivity index (χ0v) is 5.44. The van der Waals surface area contributed by atoms with E-state index in [0.717, 1.165) is 25.8 Å². The Kier molecular flexibility index (Phi) is 0.943. The molecule has 2 heteroatoms. The second kappa shape index (κ2) is 1.57. The predicted molar refractivity (Wildman–Crippen MR) is 34.2 cm³/mol.